The SMILES string of the molecule is C[C@H](c1nnc(N)s1)n1cnc2sc3c(c2c1=O)CCCCC3. The minimum atomic E-state index is -0.212. The Morgan fingerprint density at radius 3 is 2.83 bits per heavy atom. The quantitative estimate of drug-likeness (QED) is 0.720. The van der Waals surface area contributed by atoms with Gasteiger partial charge in [0.1, 0.15) is 9.84 Å². The highest BCUT2D eigenvalue weighted by atomic mass is 32.1. The molecule has 8 heteroatoms. The lowest BCUT2D eigenvalue weighted by atomic mass is 10.1. The van der Waals surface area contributed by atoms with Crippen molar-refractivity contribution in [3.8, 4) is 0 Å². The minimum absolute atomic E-state index is 0.0238. The van der Waals surface area contributed by atoms with Crippen LogP contribution in [0.2, 0.25) is 0 Å². The zero-order valence-electron chi connectivity index (χ0n) is 12.8. The smallest absolute Gasteiger partial charge is 0.263 e. The van der Waals surface area contributed by atoms with Gasteiger partial charge in [0.15, 0.2) is 0 Å². The standard InChI is InChI=1S/C15H17N5OS2/c1-8(12-18-19-15(16)23-12)20-7-17-13-11(14(20)21)9-5-3-2-4-6-10(9)22-13/h7-8H,2-6H2,1H3,(H2,16,19)/t8-/m1/s1. The fraction of sp³-hybridized carbons (Fsp3) is 0.467. The predicted molar refractivity (Wildman–Crippen MR) is 93.3 cm³/mol. The third-order valence-corrected chi connectivity index (χ3v) is 6.50. The Labute approximate surface area is 141 Å². The summed E-state index contributed by atoms with van der Waals surface area (Å²) in [5.74, 6) is 0. The molecular weight excluding hydrogens is 330 g/mol. The second-order valence-electron chi connectivity index (χ2n) is 5.86. The molecule has 4 rings (SSSR count). The number of aryl methyl sites for hydroxylation is 2. The molecule has 1 aliphatic carbocycles. The van der Waals surface area contributed by atoms with Gasteiger partial charge in [0.2, 0.25) is 5.13 Å². The zero-order chi connectivity index (χ0) is 16.0. The maximum Gasteiger partial charge on any atom is 0.263 e. The number of thiophene rings is 1. The van der Waals surface area contributed by atoms with Crippen LogP contribution in [0.1, 0.15) is 47.7 Å². The van der Waals surface area contributed by atoms with Crippen LogP contribution in [0.4, 0.5) is 5.13 Å². The van der Waals surface area contributed by atoms with Crippen LogP contribution in [0.15, 0.2) is 11.1 Å². The molecule has 0 amide bonds. The number of anilines is 1. The molecule has 0 aromatic carbocycles. The minimum Gasteiger partial charge on any atom is -0.374 e. The summed E-state index contributed by atoms with van der Waals surface area (Å²) in [5.41, 5.74) is 6.90. The van der Waals surface area contributed by atoms with E-state index in [1.54, 1.807) is 22.2 Å². The maximum absolute atomic E-state index is 13.1. The van der Waals surface area contributed by atoms with Crippen LogP contribution >= 0.6 is 22.7 Å². The van der Waals surface area contributed by atoms with Crippen molar-refractivity contribution in [1.29, 1.82) is 0 Å². The van der Waals surface area contributed by atoms with Gasteiger partial charge < -0.3 is 5.73 Å². The fourth-order valence-corrected chi connectivity index (χ4v) is 5.03. The summed E-state index contributed by atoms with van der Waals surface area (Å²) in [6.45, 7) is 1.93. The van der Waals surface area contributed by atoms with Gasteiger partial charge in [-0.1, -0.05) is 17.8 Å². The Bertz CT molecular complexity index is 926. The van der Waals surface area contributed by atoms with E-state index in [1.165, 1.54) is 34.6 Å². The van der Waals surface area contributed by atoms with Gasteiger partial charge >= 0.3 is 0 Å². The van der Waals surface area contributed by atoms with Crippen molar-refractivity contribution in [3.63, 3.8) is 0 Å². The number of hydrogen-bond acceptors (Lipinski definition) is 7. The third kappa shape index (κ3) is 2.46. The molecule has 120 valence electrons. The number of fused-ring (bicyclic) bond motifs is 3. The second-order valence-corrected chi connectivity index (χ2v) is 7.98. The average molecular weight is 347 g/mol. The van der Waals surface area contributed by atoms with Crippen molar-refractivity contribution in [2.75, 3.05) is 5.73 Å². The van der Waals surface area contributed by atoms with Gasteiger partial charge in [-0.15, -0.1) is 21.5 Å². The summed E-state index contributed by atoms with van der Waals surface area (Å²) in [6, 6.07) is -0.212. The van der Waals surface area contributed by atoms with E-state index in [0.29, 0.717) is 5.13 Å². The second kappa shape index (κ2) is 5.68. The van der Waals surface area contributed by atoms with E-state index in [-0.39, 0.29) is 11.6 Å². The summed E-state index contributed by atoms with van der Waals surface area (Å²) in [7, 11) is 0. The van der Waals surface area contributed by atoms with Gasteiger partial charge in [0.05, 0.1) is 17.8 Å². The molecule has 23 heavy (non-hydrogen) atoms. The first-order chi connectivity index (χ1) is 11.1. The van der Waals surface area contributed by atoms with E-state index in [0.717, 1.165) is 34.5 Å². The largest absolute Gasteiger partial charge is 0.374 e. The molecule has 0 saturated heterocycles. The van der Waals surface area contributed by atoms with Crippen LogP contribution in [0.25, 0.3) is 10.2 Å². The highest BCUT2D eigenvalue weighted by Gasteiger charge is 2.22. The highest BCUT2D eigenvalue weighted by Crippen LogP contribution is 2.33. The van der Waals surface area contributed by atoms with Gasteiger partial charge in [0, 0.05) is 4.88 Å². The molecule has 0 bridgehead atoms. The number of rotatable bonds is 2. The summed E-state index contributed by atoms with van der Waals surface area (Å²) in [5, 5.41) is 9.85. The van der Waals surface area contributed by atoms with Crippen LogP contribution in [0, 0.1) is 0 Å². The maximum atomic E-state index is 13.1. The first kappa shape index (κ1) is 14.8. The molecule has 3 aromatic rings. The average Bonchev–Trinajstić information content (AvgIpc) is 3.04. The fourth-order valence-electron chi connectivity index (χ4n) is 3.15. The lowest BCUT2D eigenvalue weighted by Gasteiger charge is -2.11. The zero-order valence-corrected chi connectivity index (χ0v) is 14.4. The first-order valence-corrected chi connectivity index (χ1v) is 9.38. The first-order valence-electron chi connectivity index (χ1n) is 7.75. The molecule has 0 fully saturated rings. The van der Waals surface area contributed by atoms with E-state index in [1.807, 2.05) is 6.92 Å². The summed E-state index contributed by atoms with van der Waals surface area (Å²) in [4.78, 5) is 19.8. The third-order valence-electron chi connectivity index (χ3n) is 4.38. The van der Waals surface area contributed by atoms with Crippen LogP contribution in [-0.2, 0) is 12.8 Å². The molecule has 0 unspecified atom stereocenters. The van der Waals surface area contributed by atoms with E-state index >= 15 is 0 Å². The molecule has 2 N–H and O–H groups in total. The topological polar surface area (TPSA) is 86.7 Å². The summed E-state index contributed by atoms with van der Waals surface area (Å²) in [6.07, 6.45) is 7.26. The van der Waals surface area contributed by atoms with E-state index in [4.69, 9.17) is 5.73 Å². The van der Waals surface area contributed by atoms with E-state index in [2.05, 4.69) is 15.2 Å². The van der Waals surface area contributed by atoms with Gasteiger partial charge in [0.25, 0.3) is 5.56 Å². The number of aromatic nitrogens is 4. The predicted octanol–water partition coefficient (Wildman–Crippen LogP) is 2.77. The van der Waals surface area contributed by atoms with Crippen molar-refractivity contribution in [1.82, 2.24) is 19.7 Å². The van der Waals surface area contributed by atoms with Gasteiger partial charge in [-0.2, -0.15) is 0 Å². The lowest BCUT2D eigenvalue weighted by molar-refractivity contribution is 0.599. The Hall–Kier alpha value is -1.80. The Kier molecular flexibility index (Phi) is 3.65. The van der Waals surface area contributed by atoms with Gasteiger partial charge in [-0.3, -0.25) is 9.36 Å². The summed E-state index contributed by atoms with van der Waals surface area (Å²) < 4.78 is 1.65. The van der Waals surface area contributed by atoms with Gasteiger partial charge in [-0.05, 0) is 38.2 Å². The number of nitrogens with two attached hydrogens (primary N) is 1. The molecule has 0 saturated carbocycles. The van der Waals surface area contributed by atoms with Crippen molar-refractivity contribution >= 4 is 38.0 Å². The summed E-state index contributed by atoms with van der Waals surface area (Å²) >= 11 is 2.99. The van der Waals surface area contributed by atoms with Crippen LogP contribution in [0.5, 0.6) is 0 Å². The molecule has 3 heterocycles. The number of nitrogen functional groups attached to an aromatic ring is 1. The van der Waals surface area contributed by atoms with Crippen molar-refractivity contribution in [2.45, 2.75) is 45.1 Å². The lowest BCUT2D eigenvalue weighted by Crippen LogP contribution is -2.24. The molecule has 0 spiro atoms. The monoisotopic (exact) mass is 347 g/mol. The van der Waals surface area contributed by atoms with Gasteiger partial charge in [-0.25, -0.2) is 4.98 Å². The number of nitrogens with zero attached hydrogens (tertiary/aromatic N) is 4. The van der Waals surface area contributed by atoms with E-state index < -0.39 is 0 Å². The van der Waals surface area contributed by atoms with Crippen molar-refractivity contribution in [3.05, 3.63) is 32.1 Å². The molecule has 1 aliphatic rings. The molecule has 1 atom stereocenters. The molecule has 3 aromatic heterocycles. The van der Waals surface area contributed by atoms with E-state index in [9.17, 15) is 4.79 Å². The Morgan fingerprint density at radius 1 is 1.22 bits per heavy atom. The molecule has 6 nitrogen and oxygen atoms in total. The van der Waals surface area contributed by atoms with Crippen LogP contribution < -0.4 is 11.3 Å². The van der Waals surface area contributed by atoms with Crippen LogP contribution in [0.3, 0.4) is 0 Å². The van der Waals surface area contributed by atoms with Crippen molar-refractivity contribution < 1.29 is 0 Å². The highest BCUT2D eigenvalue weighted by molar-refractivity contribution is 7.18. The van der Waals surface area contributed by atoms with Crippen LogP contribution in [-0.4, -0.2) is 19.7 Å². The number of hydrogen-bond donors (Lipinski definition) is 1. The normalized spacial score (nSPS) is 16.2. The molecular formula is C15H17N5OS2. The Balaban J connectivity index is 1.87. The van der Waals surface area contributed by atoms with Crippen molar-refractivity contribution in [2.24, 2.45) is 0 Å². The molecule has 0 radical (unpaired) electrons. The molecule has 0 aliphatic heterocycles. The Morgan fingerprint density at radius 2 is 2.04 bits per heavy atom.